The van der Waals surface area contributed by atoms with Gasteiger partial charge in [-0.05, 0) is 17.7 Å². The first-order chi connectivity index (χ1) is 10.3. The number of hydrogen-bond acceptors (Lipinski definition) is 3. The van der Waals surface area contributed by atoms with Crippen LogP contribution in [0.5, 0.6) is 0 Å². The van der Waals surface area contributed by atoms with E-state index < -0.39 is 5.91 Å². The summed E-state index contributed by atoms with van der Waals surface area (Å²) >= 11 is 0. The molecule has 5 nitrogen and oxygen atoms in total. The number of primary amides is 1. The first-order valence-corrected chi connectivity index (χ1v) is 6.57. The summed E-state index contributed by atoms with van der Waals surface area (Å²) in [6.45, 7) is 0. The summed E-state index contributed by atoms with van der Waals surface area (Å²) < 4.78 is 1.71. The van der Waals surface area contributed by atoms with Crippen molar-refractivity contribution in [1.82, 2.24) is 14.8 Å². The lowest BCUT2D eigenvalue weighted by atomic mass is 10.0. The molecular weight excluding hydrogens is 264 g/mol. The molecule has 3 aromatic rings. The molecule has 2 aromatic heterocycles. The smallest absolute Gasteiger partial charge is 0.267 e. The van der Waals surface area contributed by atoms with Gasteiger partial charge < -0.3 is 5.73 Å². The molecule has 2 heterocycles. The highest BCUT2D eigenvalue weighted by Crippen LogP contribution is 2.20. The van der Waals surface area contributed by atoms with Gasteiger partial charge in [-0.3, -0.25) is 9.78 Å². The lowest BCUT2D eigenvalue weighted by Crippen LogP contribution is -2.18. The topological polar surface area (TPSA) is 73.8 Å². The Morgan fingerprint density at radius 2 is 1.90 bits per heavy atom. The van der Waals surface area contributed by atoms with E-state index in [2.05, 4.69) is 10.1 Å². The Balaban J connectivity index is 2.13. The molecule has 0 saturated heterocycles. The molecule has 0 spiro atoms. The third kappa shape index (κ3) is 2.67. The van der Waals surface area contributed by atoms with E-state index in [4.69, 9.17) is 5.73 Å². The van der Waals surface area contributed by atoms with Crippen molar-refractivity contribution in [1.29, 1.82) is 0 Å². The predicted octanol–water partition coefficient (Wildman–Crippen LogP) is 1.96. The SMILES string of the molecule is NC(=O)c1nccc(-n2cccn2)c1Cc1ccccc1. The van der Waals surface area contributed by atoms with E-state index >= 15 is 0 Å². The number of amides is 1. The molecule has 0 aliphatic carbocycles. The van der Waals surface area contributed by atoms with Gasteiger partial charge in [0.1, 0.15) is 5.69 Å². The molecule has 1 amide bonds. The molecule has 21 heavy (non-hydrogen) atoms. The maximum atomic E-state index is 11.7. The van der Waals surface area contributed by atoms with E-state index in [0.717, 1.165) is 16.8 Å². The summed E-state index contributed by atoms with van der Waals surface area (Å²) in [7, 11) is 0. The molecule has 5 heteroatoms. The second-order valence-electron chi connectivity index (χ2n) is 4.63. The van der Waals surface area contributed by atoms with Gasteiger partial charge in [0.05, 0.1) is 5.69 Å². The van der Waals surface area contributed by atoms with Gasteiger partial charge in [0.2, 0.25) is 0 Å². The second-order valence-corrected chi connectivity index (χ2v) is 4.63. The van der Waals surface area contributed by atoms with Gasteiger partial charge in [-0.2, -0.15) is 5.10 Å². The average molecular weight is 278 g/mol. The van der Waals surface area contributed by atoms with Gasteiger partial charge in [0, 0.05) is 30.6 Å². The van der Waals surface area contributed by atoms with Crippen molar-refractivity contribution in [3.8, 4) is 5.69 Å². The first-order valence-electron chi connectivity index (χ1n) is 6.57. The maximum Gasteiger partial charge on any atom is 0.267 e. The highest BCUT2D eigenvalue weighted by atomic mass is 16.1. The van der Waals surface area contributed by atoms with Crippen LogP contribution in [-0.4, -0.2) is 20.7 Å². The van der Waals surface area contributed by atoms with Crippen molar-refractivity contribution >= 4 is 5.91 Å². The summed E-state index contributed by atoms with van der Waals surface area (Å²) in [4.78, 5) is 15.8. The van der Waals surface area contributed by atoms with Gasteiger partial charge in [0.15, 0.2) is 0 Å². The molecule has 0 saturated carbocycles. The number of nitrogens with zero attached hydrogens (tertiary/aromatic N) is 3. The van der Waals surface area contributed by atoms with Crippen LogP contribution in [0.1, 0.15) is 21.6 Å². The lowest BCUT2D eigenvalue weighted by Gasteiger charge is -2.12. The van der Waals surface area contributed by atoms with Crippen molar-refractivity contribution in [3.63, 3.8) is 0 Å². The fraction of sp³-hybridized carbons (Fsp3) is 0.0625. The van der Waals surface area contributed by atoms with Gasteiger partial charge in [-0.25, -0.2) is 4.68 Å². The number of benzene rings is 1. The Hall–Kier alpha value is -2.95. The molecule has 1 aromatic carbocycles. The minimum absolute atomic E-state index is 0.284. The molecular formula is C16H14N4O. The monoisotopic (exact) mass is 278 g/mol. The van der Waals surface area contributed by atoms with Crippen LogP contribution < -0.4 is 5.73 Å². The Morgan fingerprint density at radius 1 is 1.10 bits per heavy atom. The maximum absolute atomic E-state index is 11.7. The standard InChI is InChI=1S/C16H14N4O/c17-16(21)15-13(11-12-5-2-1-3-6-12)14(7-9-18-15)20-10-4-8-19-20/h1-10H,11H2,(H2,17,21). The van der Waals surface area contributed by atoms with Crippen LogP contribution in [0.25, 0.3) is 5.69 Å². The zero-order valence-corrected chi connectivity index (χ0v) is 11.3. The molecule has 0 aliphatic heterocycles. The quantitative estimate of drug-likeness (QED) is 0.792. The number of pyridine rings is 1. The molecule has 0 atom stereocenters. The molecule has 0 aliphatic rings. The Kier molecular flexibility index (Phi) is 3.47. The number of hydrogen-bond donors (Lipinski definition) is 1. The van der Waals surface area contributed by atoms with Crippen LogP contribution in [0.2, 0.25) is 0 Å². The van der Waals surface area contributed by atoms with Gasteiger partial charge in [-0.15, -0.1) is 0 Å². The van der Waals surface area contributed by atoms with Crippen molar-refractivity contribution in [2.24, 2.45) is 5.73 Å². The third-order valence-corrected chi connectivity index (χ3v) is 3.24. The molecule has 0 unspecified atom stereocenters. The van der Waals surface area contributed by atoms with Crippen LogP contribution in [0, 0.1) is 0 Å². The summed E-state index contributed by atoms with van der Waals surface area (Å²) in [6, 6.07) is 13.5. The summed E-state index contributed by atoms with van der Waals surface area (Å²) in [6.07, 6.45) is 5.67. The number of rotatable bonds is 4. The van der Waals surface area contributed by atoms with Crippen LogP contribution in [0.3, 0.4) is 0 Å². The van der Waals surface area contributed by atoms with Crippen molar-refractivity contribution in [3.05, 3.63) is 77.9 Å². The lowest BCUT2D eigenvalue weighted by molar-refractivity contribution is 0.0994. The third-order valence-electron chi connectivity index (χ3n) is 3.24. The van der Waals surface area contributed by atoms with E-state index in [0.29, 0.717) is 6.42 Å². The fourth-order valence-corrected chi connectivity index (χ4v) is 2.29. The predicted molar refractivity (Wildman–Crippen MR) is 79.1 cm³/mol. The molecule has 3 rings (SSSR count). The highest BCUT2D eigenvalue weighted by Gasteiger charge is 2.16. The second kappa shape index (κ2) is 5.58. The fourth-order valence-electron chi connectivity index (χ4n) is 2.29. The Labute approximate surface area is 122 Å². The largest absolute Gasteiger partial charge is 0.364 e. The molecule has 0 bridgehead atoms. The normalized spacial score (nSPS) is 10.5. The minimum atomic E-state index is -0.532. The Morgan fingerprint density at radius 3 is 2.57 bits per heavy atom. The first kappa shape index (κ1) is 13.1. The number of carbonyl (C=O) groups excluding carboxylic acids is 1. The summed E-state index contributed by atoms with van der Waals surface area (Å²) in [5.74, 6) is -0.532. The van der Waals surface area contributed by atoms with Gasteiger partial charge in [-0.1, -0.05) is 30.3 Å². The molecule has 0 radical (unpaired) electrons. The molecule has 104 valence electrons. The highest BCUT2D eigenvalue weighted by molar-refractivity contribution is 5.93. The zero-order chi connectivity index (χ0) is 14.7. The zero-order valence-electron chi connectivity index (χ0n) is 11.3. The van der Waals surface area contributed by atoms with Crippen LogP contribution in [-0.2, 0) is 6.42 Å². The average Bonchev–Trinajstić information content (AvgIpc) is 3.02. The molecule has 0 fully saturated rings. The van der Waals surface area contributed by atoms with E-state index in [-0.39, 0.29) is 5.69 Å². The van der Waals surface area contributed by atoms with E-state index in [1.807, 2.05) is 48.7 Å². The summed E-state index contributed by atoms with van der Waals surface area (Å²) in [5, 5.41) is 4.23. The van der Waals surface area contributed by atoms with Gasteiger partial charge >= 0.3 is 0 Å². The van der Waals surface area contributed by atoms with Crippen LogP contribution in [0.4, 0.5) is 0 Å². The van der Waals surface area contributed by atoms with E-state index in [9.17, 15) is 4.79 Å². The molecule has 2 N–H and O–H groups in total. The Bertz CT molecular complexity index is 751. The van der Waals surface area contributed by atoms with Crippen molar-refractivity contribution in [2.75, 3.05) is 0 Å². The van der Waals surface area contributed by atoms with E-state index in [1.54, 1.807) is 17.1 Å². The van der Waals surface area contributed by atoms with E-state index in [1.165, 1.54) is 0 Å². The number of carbonyl (C=O) groups is 1. The number of aromatic nitrogens is 3. The van der Waals surface area contributed by atoms with Crippen molar-refractivity contribution in [2.45, 2.75) is 6.42 Å². The van der Waals surface area contributed by atoms with Crippen LogP contribution >= 0.6 is 0 Å². The van der Waals surface area contributed by atoms with Crippen molar-refractivity contribution < 1.29 is 4.79 Å². The minimum Gasteiger partial charge on any atom is -0.364 e. The van der Waals surface area contributed by atoms with Gasteiger partial charge in [0.25, 0.3) is 5.91 Å². The summed E-state index contributed by atoms with van der Waals surface area (Å²) in [5.41, 5.74) is 8.42. The van der Waals surface area contributed by atoms with Crippen LogP contribution in [0.15, 0.2) is 61.1 Å². The number of nitrogens with two attached hydrogens (primary N) is 1.